The van der Waals surface area contributed by atoms with Gasteiger partial charge in [-0.15, -0.1) is 0 Å². The standard InChI is InChI=1S/C19H29N3O2/c1-5-11-24-19-13-17(7-8-18(19)23-4)14-20-9-6-10-22-16(3)12-15(2)21-22/h7-8,12-13,20H,5-6,9-11,14H2,1-4H3. The summed E-state index contributed by atoms with van der Waals surface area (Å²) in [5.41, 5.74) is 3.51. The molecule has 2 aromatic rings. The van der Waals surface area contributed by atoms with Gasteiger partial charge in [0.15, 0.2) is 11.5 Å². The predicted molar refractivity (Wildman–Crippen MR) is 96.8 cm³/mol. The van der Waals surface area contributed by atoms with E-state index in [0.29, 0.717) is 6.61 Å². The van der Waals surface area contributed by atoms with Crippen LogP contribution in [0, 0.1) is 13.8 Å². The van der Waals surface area contributed by atoms with Gasteiger partial charge in [-0.05, 0) is 57.0 Å². The minimum absolute atomic E-state index is 0.704. The van der Waals surface area contributed by atoms with Crippen molar-refractivity contribution in [2.75, 3.05) is 20.3 Å². The van der Waals surface area contributed by atoms with Crippen LogP contribution in [0.25, 0.3) is 0 Å². The zero-order valence-corrected chi connectivity index (χ0v) is 15.3. The molecule has 2 rings (SSSR count). The zero-order valence-electron chi connectivity index (χ0n) is 15.3. The number of rotatable bonds is 10. The second kappa shape index (κ2) is 9.33. The Labute approximate surface area is 145 Å². The van der Waals surface area contributed by atoms with Gasteiger partial charge in [0, 0.05) is 18.8 Å². The monoisotopic (exact) mass is 331 g/mol. The number of methoxy groups -OCH3 is 1. The Kier molecular flexibility index (Phi) is 7.12. The van der Waals surface area contributed by atoms with E-state index in [4.69, 9.17) is 9.47 Å². The molecule has 0 atom stereocenters. The van der Waals surface area contributed by atoms with Crippen molar-refractivity contribution in [1.29, 1.82) is 0 Å². The molecular formula is C19H29N3O2. The first kappa shape index (κ1) is 18.3. The average Bonchev–Trinajstić information content (AvgIpc) is 2.90. The van der Waals surface area contributed by atoms with Crippen LogP contribution in [0.3, 0.4) is 0 Å². The van der Waals surface area contributed by atoms with Crippen LogP contribution in [-0.4, -0.2) is 30.0 Å². The van der Waals surface area contributed by atoms with Crippen LogP contribution in [0.1, 0.15) is 36.7 Å². The van der Waals surface area contributed by atoms with E-state index in [0.717, 1.165) is 49.7 Å². The molecule has 0 aliphatic carbocycles. The van der Waals surface area contributed by atoms with E-state index in [9.17, 15) is 0 Å². The van der Waals surface area contributed by atoms with Gasteiger partial charge < -0.3 is 14.8 Å². The SMILES string of the molecule is CCCOc1cc(CNCCCn2nc(C)cc2C)ccc1OC. The van der Waals surface area contributed by atoms with Gasteiger partial charge in [0.2, 0.25) is 0 Å². The van der Waals surface area contributed by atoms with Crippen molar-refractivity contribution in [3.63, 3.8) is 0 Å². The number of nitrogens with one attached hydrogen (secondary N) is 1. The molecule has 0 saturated carbocycles. The summed E-state index contributed by atoms with van der Waals surface area (Å²) in [7, 11) is 1.67. The minimum Gasteiger partial charge on any atom is -0.493 e. The molecule has 1 N–H and O–H groups in total. The van der Waals surface area contributed by atoms with Gasteiger partial charge in [-0.1, -0.05) is 13.0 Å². The molecule has 24 heavy (non-hydrogen) atoms. The summed E-state index contributed by atoms with van der Waals surface area (Å²) < 4.78 is 13.2. The highest BCUT2D eigenvalue weighted by atomic mass is 16.5. The topological polar surface area (TPSA) is 48.3 Å². The Bertz CT molecular complexity index is 638. The van der Waals surface area contributed by atoms with Gasteiger partial charge in [0.05, 0.1) is 19.4 Å². The molecule has 0 aliphatic heterocycles. The summed E-state index contributed by atoms with van der Waals surface area (Å²) >= 11 is 0. The van der Waals surface area contributed by atoms with Crippen molar-refractivity contribution in [3.8, 4) is 11.5 Å². The van der Waals surface area contributed by atoms with E-state index in [1.807, 2.05) is 13.0 Å². The Morgan fingerprint density at radius 1 is 1.17 bits per heavy atom. The average molecular weight is 331 g/mol. The molecule has 0 spiro atoms. The third-order valence-corrected chi connectivity index (χ3v) is 3.85. The van der Waals surface area contributed by atoms with Crippen LogP contribution in [0.2, 0.25) is 0 Å². The van der Waals surface area contributed by atoms with Crippen molar-refractivity contribution < 1.29 is 9.47 Å². The molecule has 1 aromatic heterocycles. The highest BCUT2D eigenvalue weighted by Crippen LogP contribution is 2.28. The summed E-state index contributed by atoms with van der Waals surface area (Å²) in [6, 6.07) is 8.22. The third kappa shape index (κ3) is 5.27. The normalized spacial score (nSPS) is 10.8. The molecule has 132 valence electrons. The lowest BCUT2D eigenvalue weighted by atomic mass is 10.2. The number of ether oxygens (including phenoxy) is 2. The molecule has 1 aromatic carbocycles. The van der Waals surface area contributed by atoms with E-state index >= 15 is 0 Å². The molecule has 5 nitrogen and oxygen atoms in total. The maximum absolute atomic E-state index is 5.75. The fourth-order valence-electron chi connectivity index (χ4n) is 2.64. The van der Waals surface area contributed by atoms with Crippen LogP contribution in [0.15, 0.2) is 24.3 Å². The van der Waals surface area contributed by atoms with Crippen LogP contribution in [0.4, 0.5) is 0 Å². The van der Waals surface area contributed by atoms with Crippen LogP contribution >= 0.6 is 0 Å². The lowest BCUT2D eigenvalue weighted by Gasteiger charge is -2.12. The number of hydrogen-bond acceptors (Lipinski definition) is 4. The van der Waals surface area contributed by atoms with Crippen molar-refractivity contribution in [2.45, 2.75) is 46.7 Å². The Balaban J connectivity index is 1.78. The lowest BCUT2D eigenvalue weighted by molar-refractivity contribution is 0.294. The smallest absolute Gasteiger partial charge is 0.161 e. The van der Waals surface area contributed by atoms with Crippen LogP contribution < -0.4 is 14.8 Å². The summed E-state index contributed by atoms with van der Waals surface area (Å²) in [6.45, 7) is 9.65. The van der Waals surface area contributed by atoms with Gasteiger partial charge in [-0.3, -0.25) is 4.68 Å². The van der Waals surface area contributed by atoms with E-state index < -0.39 is 0 Å². The summed E-state index contributed by atoms with van der Waals surface area (Å²) in [4.78, 5) is 0. The molecular weight excluding hydrogens is 302 g/mol. The largest absolute Gasteiger partial charge is 0.493 e. The van der Waals surface area contributed by atoms with Gasteiger partial charge in [-0.25, -0.2) is 0 Å². The first-order chi connectivity index (χ1) is 11.6. The van der Waals surface area contributed by atoms with Gasteiger partial charge >= 0.3 is 0 Å². The molecule has 0 aliphatic rings. The highest BCUT2D eigenvalue weighted by Gasteiger charge is 2.06. The van der Waals surface area contributed by atoms with E-state index in [1.54, 1.807) is 7.11 Å². The number of aryl methyl sites for hydroxylation is 3. The quantitative estimate of drug-likeness (QED) is 0.677. The lowest BCUT2D eigenvalue weighted by Crippen LogP contribution is -2.17. The maximum atomic E-state index is 5.75. The number of nitrogens with zero attached hydrogens (tertiary/aromatic N) is 2. The van der Waals surface area contributed by atoms with E-state index in [1.165, 1.54) is 11.3 Å². The zero-order chi connectivity index (χ0) is 17.4. The second-order valence-electron chi connectivity index (χ2n) is 6.01. The molecule has 0 saturated heterocycles. The predicted octanol–water partition coefficient (Wildman–Crippen LogP) is 3.48. The first-order valence-electron chi connectivity index (χ1n) is 8.65. The molecule has 0 bridgehead atoms. The molecule has 5 heteroatoms. The fourth-order valence-corrected chi connectivity index (χ4v) is 2.64. The number of hydrogen-bond donors (Lipinski definition) is 1. The first-order valence-corrected chi connectivity index (χ1v) is 8.65. The van der Waals surface area contributed by atoms with Crippen molar-refractivity contribution >= 4 is 0 Å². The van der Waals surface area contributed by atoms with Crippen LogP contribution in [0.5, 0.6) is 11.5 Å². The van der Waals surface area contributed by atoms with Crippen molar-refractivity contribution in [2.24, 2.45) is 0 Å². The van der Waals surface area contributed by atoms with Gasteiger partial charge in [-0.2, -0.15) is 5.10 Å². The Morgan fingerprint density at radius 3 is 2.67 bits per heavy atom. The van der Waals surface area contributed by atoms with Gasteiger partial charge in [0.25, 0.3) is 0 Å². The highest BCUT2D eigenvalue weighted by molar-refractivity contribution is 5.42. The molecule has 1 heterocycles. The summed E-state index contributed by atoms with van der Waals surface area (Å²) in [5.74, 6) is 1.61. The third-order valence-electron chi connectivity index (χ3n) is 3.85. The molecule has 0 amide bonds. The molecule has 0 unspecified atom stereocenters. The second-order valence-corrected chi connectivity index (χ2v) is 6.01. The number of aromatic nitrogens is 2. The molecule has 0 radical (unpaired) electrons. The Morgan fingerprint density at radius 2 is 2.00 bits per heavy atom. The fraction of sp³-hybridized carbons (Fsp3) is 0.526. The molecule has 0 fully saturated rings. The number of benzene rings is 1. The Hall–Kier alpha value is -2.01. The minimum atomic E-state index is 0.704. The van der Waals surface area contributed by atoms with E-state index in [2.05, 4.69) is 47.1 Å². The summed E-state index contributed by atoms with van der Waals surface area (Å²) in [5, 5.41) is 7.97. The van der Waals surface area contributed by atoms with Crippen molar-refractivity contribution in [1.82, 2.24) is 15.1 Å². The van der Waals surface area contributed by atoms with Crippen molar-refractivity contribution in [3.05, 3.63) is 41.2 Å². The maximum Gasteiger partial charge on any atom is 0.161 e. The van der Waals surface area contributed by atoms with Crippen LogP contribution in [-0.2, 0) is 13.1 Å². The van der Waals surface area contributed by atoms with Gasteiger partial charge in [0.1, 0.15) is 0 Å². The summed E-state index contributed by atoms with van der Waals surface area (Å²) in [6.07, 6.45) is 2.04. The van der Waals surface area contributed by atoms with E-state index in [-0.39, 0.29) is 0 Å².